The predicted molar refractivity (Wildman–Crippen MR) is 137 cm³/mol. The van der Waals surface area contributed by atoms with Crippen molar-refractivity contribution in [2.45, 2.75) is 31.8 Å². The van der Waals surface area contributed by atoms with Gasteiger partial charge in [0.2, 0.25) is 5.88 Å². The normalized spacial score (nSPS) is 20.7. The fourth-order valence-corrected chi connectivity index (χ4v) is 5.38. The van der Waals surface area contributed by atoms with E-state index >= 15 is 0 Å². The Labute approximate surface area is 203 Å². The van der Waals surface area contributed by atoms with Crippen molar-refractivity contribution in [1.82, 2.24) is 29.7 Å². The molecule has 2 atom stereocenters. The van der Waals surface area contributed by atoms with Gasteiger partial charge in [-0.25, -0.2) is 14.5 Å². The zero-order valence-electron chi connectivity index (χ0n) is 19.9. The van der Waals surface area contributed by atoms with Crippen LogP contribution in [-0.2, 0) is 4.74 Å². The molecular formula is C25H29N9O. The minimum Gasteiger partial charge on any atom is -0.481 e. The number of hydrogen-bond acceptors (Lipinski definition) is 8. The van der Waals surface area contributed by atoms with E-state index in [0.717, 1.165) is 59.5 Å². The fraction of sp³-hybridized carbons (Fsp3) is 0.360. The van der Waals surface area contributed by atoms with Crippen LogP contribution in [-0.4, -0.2) is 74.7 Å². The van der Waals surface area contributed by atoms with Crippen molar-refractivity contribution >= 4 is 34.3 Å². The van der Waals surface area contributed by atoms with Crippen LogP contribution in [0.3, 0.4) is 0 Å². The molecule has 7 rings (SSSR count). The largest absolute Gasteiger partial charge is 0.481 e. The number of nitrogens with zero attached hydrogens (tertiary/aromatic N) is 7. The first-order valence-corrected chi connectivity index (χ1v) is 12.0. The van der Waals surface area contributed by atoms with Gasteiger partial charge in [-0.1, -0.05) is 0 Å². The number of nitrogens with two attached hydrogens (primary N) is 1. The topological polar surface area (TPSA) is 113 Å². The summed E-state index contributed by atoms with van der Waals surface area (Å²) in [7, 11) is 1.65. The number of nitrogen functional groups attached to an aromatic ring is 1. The third kappa shape index (κ3) is 3.79. The van der Waals surface area contributed by atoms with Crippen LogP contribution in [0.25, 0.3) is 27.7 Å². The summed E-state index contributed by atoms with van der Waals surface area (Å²) in [5.41, 5.74) is 10.5. The second-order valence-corrected chi connectivity index (χ2v) is 9.14. The molecule has 3 aliphatic heterocycles. The number of H-pyrrole nitrogens is 1. The summed E-state index contributed by atoms with van der Waals surface area (Å²) in [5, 5.41) is 12.6. The lowest BCUT2D eigenvalue weighted by Crippen LogP contribution is -2.69. The maximum absolute atomic E-state index is 6.17. The van der Waals surface area contributed by atoms with Gasteiger partial charge in [-0.2, -0.15) is 5.10 Å². The monoisotopic (exact) mass is 471 g/mol. The van der Waals surface area contributed by atoms with Crippen molar-refractivity contribution in [2.75, 3.05) is 37.4 Å². The van der Waals surface area contributed by atoms with Crippen LogP contribution in [0.1, 0.15) is 19.8 Å². The lowest BCUT2D eigenvalue weighted by molar-refractivity contribution is 0.00203. The Morgan fingerprint density at radius 2 is 2.14 bits per heavy atom. The molecule has 4 aromatic rings. The zero-order chi connectivity index (χ0) is 23.9. The first kappa shape index (κ1) is 21.6. The molecule has 4 aromatic heterocycles. The smallest absolute Gasteiger partial charge is 0.208 e. The predicted octanol–water partition coefficient (Wildman–Crippen LogP) is 3.09. The molecule has 0 aromatic carbocycles. The second-order valence-electron chi connectivity index (χ2n) is 9.14. The molecule has 10 nitrogen and oxygen atoms in total. The number of aliphatic imine (C=N–C) groups is 1. The molecular weight excluding hydrogens is 442 g/mol. The Kier molecular flexibility index (Phi) is 5.37. The number of rotatable bonds is 7. The number of aromatic amines is 1. The first-order valence-electron chi connectivity index (χ1n) is 12.0. The van der Waals surface area contributed by atoms with Crippen molar-refractivity contribution < 1.29 is 4.74 Å². The summed E-state index contributed by atoms with van der Waals surface area (Å²) in [6.07, 6.45) is 11.6. The van der Waals surface area contributed by atoms with E-state index in [-0.39, 0.29) is 0 Å². The molecule has 2 unspecified atom stereocenters. The minimum atomic E-state index is 0.571. The molecule has 7 heterocycles. The Bertz CT molecular complexity index is 1410. The summed E-state index contributed by atoms with van der Waals surface area (Å²) in [6.45, 7) is 4.95. The number of pyridine rings is 2. The number of anilines is 2. The van der Waals surface area contributed by atoms with Crippen molar-refractivity contribution in [3.8, 4) is 11.1 Å². The van der Waals surface area contributed by atoms with E-state index in [2.05, 4.69) is 42.2 Å². The van der Waals surface area contributed by atoms with Gasteiger partial charge < -0.3 is 15.4 Å². The van der Waals surface area contributed by atoms with E-state index in [4.69, 9.17) is 15.5 Å². The molecule has 0 spiro atoms. The summed E-state index contributed by atoms with van der Waals surface area (Å²) >= 11 is 0. The summed E-state index contributed by atoms with van der Waals surface area (Å²) < 4.78 is 6.99. The van der Waals surface area contributed by atoms with E-state index in [9.17, 15) is 0 Å². The van der Waals surface area contributed by atoms with E-state index in [0.29, 0.717) is 23.7 Å². The van der Waals surface area contributed by atoms with E-state index < -0.39 is 0 Å². The summed E-state index contributed by atoms with van der Waals surface area (Å²) in [4.78, 5) is 14.2. The number of nitrogens with one attached hydrogen (secondary N) is 1. The fourth-order valence-electron chi connectivity index (χ4n) is 5.38. The number of hydrogen-bond donors (Lipinski definition) is 2. The Balaban J connectivity index is 1.15. The lowest BCUT2D eigenvalue weighted by Gasteiger charge is -2.56. The summed E-state index contributed by atoms with van der Waals surface area (Å²) in [6, 6.07) is 7.36. The van der Waals surface area contributed by atoms with Gasteiger partial charge in [-0.05, 0) is 44.0 Å². The average Bonchev–Trinajstić information content (AvgIpc) is 3.47. The Morgan fingerprint density at radius 1 is 1.29 bits per heavy atom. The van der Waals surface area contributed by atoms with Crippen LogP contribution >= 0.6 is 0 Å². The van der Waals surface area contributed by atoms with Crippen LogP contribution in [0.4, 0.5) is 11.5 Å². The molecule has 2 bridgehead atoms. The Hall–Kier alpha value is -3.92. The first-order chi connectivity index (χ1) is 17.1. The van der Waals surface area contributed by atoms with Crippen LogP contribution in [0.2, 0.25) is 0 Å². The molecule has 0 saturated carbocycles. The number of piperidine rings is 1. The number of piperazine rings is 1. The maximum Gasteiger partial charge on any atom is 0.208 e. The molecule has 3 saturated heterocycles. The highest BCUT2D eigenvalue weighted by molar-refractivity contribution is 6.01. The zero-order valence-corrected chi connectivity index (χ0v) is 19.9. The number of allylic oxidation sites excluding steroid dienone is 1. The number of methoxy groups -OCH3 is 1. The van der Waals surface area contributed by atoms with Crippen LogP contribution in [0.5, 0.6) is 0 Å². The third-order valence-electron chi connectivity index (χ3n) is 7.07. The van der Waals surface area contributed by atoms with Gasteiger partial charge in [0.15, 0.2) is 5.65 Å². The number of fused-ring (bicyclic) bond motifs is 5. The van der Waals surface area contributed by atoms with Gasteiger partial charge >= 0.3 is 0 Å². The molecule has 180 valence electrons. The van der Waals surface area contributed by atoms with Gasteiger partial charge in [-0.15, -0.1) is 5.10 Å². The van der Waals surface area contributed by atoms with Gasteiger partial charge in [0.1, 0.15) is 5.82 Å². The molecule has 35 heavy (non-hydrogen) atoms. The molecule has 3 fully saturated rings. The highest BCUT2D eigenvalue weighted by Crippen LogP contribution is 2.35. The number of ether oxygens (including phenoxy) is 1. The standard InChI is InChI=1S/C25H29N9O/c1-3-23(35-2)27-7-4-8-33-18-10-19(33)15-32(14-18)22-6-5-16(11-28-22)20-9-17(26)13-34-24(20)21-12-29-30-25(21)31-34/h3,5-7,9,11-13,18-19H,4,8,10,14-15,26H2,1-2H3,(H,30,31)/b23-3+,27-7-. The highest BCUT2D eigenvalue weighted by Gasteiger charge is 2.44. The lowest BCUT2D eigenvalue weighted by atomic mass is 9.87. The molecule has 3 N–H and O–H groups in total. The Morgan fingerprint density at radius 3 is 2.89 bits per heavy atom. The van der Waals surface area contributed by atoms with Crippen molar-refractivity contribution in [3.05, 3.63) is 48.7 Å². The van der Waals surface area contributed by atoms with Crippen molar-refractivity contribution in [3.63, 3.8) is 0 Å². The van der Waals surface area contributed by atoms with E-state index in [1.165, 1.54) is 6.42 Å². The van der Waals surface area contributed by atoms with E-state index in [1.807, 2.05) is 42.2 Å². The van der Waals surface area contributed by atoms with Crippen LogP contribution in [0, 0.1) is 0 Å². The minimum absolute atomic E-state index is 0.571. The quantitative estimate of drug-likeness (QED) is 0.315. The van der Waals surface area contributed by atoms with Gasteiger partial charge in [0, 0.05) is 55.3 Å². The summed E-state index contributed by atoms with van der Waals surface area (Å²) in [5.74, 6) is 1.68. The van der Waals surface area contributed by atoms with Crippen LogP contribution < -0.4 is 10.6 Å². The van der Waals surface area contributed by atoms with Crippen LogP contribution in [0.15, 0.2) is 53.7 Å². The number of aromatic nitrogens is 5. The second kappa shape index (κ2) is 8.70. The molecule has 3 aliphatic rings. The third-order valence-corrected chi connectivity index (χ3v) is 7.07. The molecule has 0 aliphatic carbocycles. The molecule has 0 amide bonds. The molecule has 10 heteroatoms. The van der Waals surface area contributed by atoms with Crippen molar-refractivity contribution in [1.29, 1.82) is 0 Å². The van der Waals surface area contributed by atoms with Crippen molar-refractivity contribution in [2.24, 2.45) is 4.99 Å². The average molecular weight is 472 g/mol. The van der Waals surface area contributed by atoms with E-state index in [1.54, 1.807) is 13.3 Å². The molecule has 0 radical (unpaired) electrons. The van der Waals surface area contributed by atoms with Gasteiger partial charge in [0.05, 0.1) is 36.1 Å². The highest BCUT2D eigenvalue weighted by atomic mass is 16.5. The SMILES string of the molecule is C/C=C(\N=C/CCN1C2CC1CN(c1ccc(-c3cc(N)cn4nc5[nH]ncc5c34)cn1)C2)OC. The maximum atomic E-state index is 6.17. The van der Waals surface area contributed by atoms with Gasteiger partial charge in [0.25, 0.3) is 0 Å². The van der Waals surface area contributed by atoms with Gasteiger partial charge in [-0.3, -0.25) is 10.00 Å².